The first-order chi connectivity index (χ1) is 56.0. The van der Waals surface area contributed by atoms with Crippen molar-refractivity contribution in [3.8, 4) is 11.8 Å². The zero-order chi connectivity index (χ0) is 86.5. The number of ketones is 2. The van der Waals surface area contributed by atoms with Crippen molar-refractivity contribution >= 4 is 133 Å². The van der Waals surface area contributed by atoms with Crippen molar-refractivity contribution in [3.05, 3.63) is 18.1 Å². The van der Waals surface area contributed by atoms with Crippen LogP contribution in [0.15, 0.2) is 12.5 Å². The third-order valence-electron chi connectivity index (χ3n) is 21.8. The van der Waals surface area contributed by atoms with E-state index in [2.05, 4.69) is 45.6 Å². The van der Waals surface area contributed by atoms with Crippen molar-refractivity contribution in [2.75, 3.05) is 23.8 Å². The van der Waals surface area contributed by atoms with Crippen LogP contribution in [0.1, 0.15) is 262 Å². The number of carbonyl (C=O) groups is 12. The van der Waals surface area contributed by atoms with Gasteiger partial charge < -0.3 is 91.8 Å². The van der Waals surface area contributed by atoms with Crippen molar-refractivity contribution < 1.29 is 139 Å². The molecule has 1 aliphatic heterocycles. The molecular weight excluding hydrogens is 1650 g/mol. The van der Waals surface area contributed by atoms with Gasteiger partial charge in [-0.05, 0) is 49.4 Å². The van der Waals surface area contributed by atoms with Gasteiger partial charge >= 0.3 is 53.3 Å². The number of nitrogens with zero attached hydrogens (tertiary/aromatic N) is 3. The van der Waals surface area contributed by atoms with E-state index in [0.29, 0.717) is 48.8 Å². The number of phosphoric acid groups is 3. The molecule has 2 aromatic rings. The molecule has 0 radical (unpaired) electrons. The van der Waals surface area contributed by atoms with Gasteiger partial charge in [0.15, 0.2) is 5.78 Å². The molecule has 8 rings (SSSR count). The molecule has 118 heavy (non-hydrogen) atoms. The summed E-state index contributed by atoms with van der Waals surface area (Å²) in [4.78, 5) is 193. The highest BCUT2D eigenvalue weighted by Gasteiger charge is 2.44. The predicted molar refractivity (Wildman–Crippen MR) is 429 cm³/mol. The third-order valence-corrected chi connectivity index (χ3v) is 28.0. The van der Waals surface area contributed by atoms with Crippen LogP contribution in [-0.2, 0) is 89.1 Å². The van der Waals surface area contributed by atoms with Gasteiger partial charge in [-0.2, -0.15) is 8.62 Å². The van der Waals surface area contributed by atoms with Gasteiger partial charge in [0.2, 0.25) is 29.5 Å². The number of rotatable bonds is 44. The highest BCUT2D eigenvalue weighted by atomic mass is 33.1. The minimum atomic E-state index is -5.80. The number of hydrogen-bond acceptors (Lipinski definition) is 25. The quantitative estimate of drug-likeness (QED) is 0.0128. The molecule has 3 heterocycles. The van der Waals surface area contributed by atoms with Crippen LogP contribution in [0.2, 0.25) is 0 Å². The van der Waals surface area contributed by atoms with Crippen molar-refractivity contribution in [1.82, 2.24) is 41.1 Å². The number of nitrogen functional groups attached to an aromatic ring is 1. The molecule has 17 N–H and O–H groups in total. The van der Waals surface area contributed by atoms with E-state index in [1.165, 1.54) is 109 Å². The van der Waals surface area contributed by atoms with Crippen LogP contribution in [0.5, 0.6) is 0 Å². The number of fused-ring (bicyclic) bond motifs is 1. The number of unbranched alkanes of at least 4 members (excludes halogenated alkanes) is 3. The number of carbonyl (C=O) groups excluding carboxylic acids is 7. The minimum absolute atomic E-state index is 0.0230. The summed E-state index contributed by atoms with van der Waals surface area (Å²) < 4.78 is 54.2. The van der Waals surface area contributed by atoms with E-state index in [-0.39, 0.29) is 85.6 Å². The van der Waals surface area contributed by atoms with Crippen molar-refractivity contribution in [3.63, 3.8) is 0 Å². The number of aromatic nitrogens is 3. The zero-order valence-corrected chi connectivity index (χ0v) is 70.5. The number of carboxylic acids is 5. The van der Waals surface area contributed by atoms with Gasteiger partial charge in [0.1, 0.15) is 60.1 Å². The number of aliphatic hydroxyl groups excluding tert-OH is 1. The molecule has 43 heteroatoms. The average Bonchev–Trinajstić information content (AvgIpc) is 1.61. The summed E-state index contributed by atoms with van der Waals surface area (Å²) in [6.07, 6.45) is 30.9. The first kappa shape index (κ1) is 99.9. The maximum atomic E-state index is 13.6. The molecule has 662 valence electrons. The smallest absolute Gasteiger partial charge is 0.481 e. The van der Waals surface area contributed by atoms with Gasteiger partial charge in [0, 0.05) is 62.1 Å². The Bertz CT molecular complexity index is 3840. The largest absolute Gasteiger partial charge is 0.490 e. The fourth-order valence-corrected chi connectivity index (χ4v) is 21.0. The molecule has 10 atom stereocenters. The standard InChI is InChI=1S/C51H72N9O29P3S2.2C12H22/c52-45-44-28(23-60(46(44)54-26-53-45)42-22-36(63)37(87-42)24-86-91(82,83)89-92(84,85)88-90(79,80)81)12-8-9-13-29(61)16-17-93-94-25-34(59-47(70)27-10-4-3-5-11-27)35(62)14-6-1-2-7-15-38(64)55-30(48(71)72)18-39(65)56-31(49(73)74)19-40(66)57-32(50(75)76)20-41(67)58-33(51(77)78)21-43(68)69;2*1-3-7-11(8-4-1)12-9-5-2-6-10-12/h23,26-27,30-34,36-37,42,63H,1-7,9-11,13-22,24-25H2,(H,55,64)(H,56,65)(H,57,66)(H,58,67)(H,59,70)(H,68,69)(H,71,72)(H,73,74)(H,75,76)(H,77,78)(H,82,83)(H,84,85)(H2,52,53,54)(H2,79,80,81);2*11-12H,1-10H2. The number of nitrogens with one attached hydrogen (secondary N) is 5. The number of Topliss-reactive ketones (excluding diaryl/α,β-unsaturated/α-hetero) is 2. The summed E-state index contributed by atoms with van der Waals surface area (Å²) in [7, 11) is -14.3. The van der Waals surface area contributed by atoms with E-state index in [0.717, 1.165) is 49.3 Å². The monoisotopic (exact) mass is 1760 g/mol. The number of ether oxygens (including phenoxy) is 1. The number of phosphoric ester groups is 1. The van der Waals surface area contributed by atoms with E-state index in [4.69, 9.17) is 30.5 Å². The Morgan fingerprint density at radius 3 is 1.44 bits per heavy atom. The highest BCUT2D eigenvalue weighted by Crippen LogP contribution is 2.66. The molecule has 2 aromatic heterocycles. The summed E-state index contributed by atoms with van der Waals surface area (Å²) in [5, 5.41) is 68.3. The van der Waals surface area contributed by atoms with Gasteiger partial charge in [-0.3, -0.25) is 42.9 Å². The molecule has 0 bridgehead atoms. The summed E-state index contributed by atoms with van der Waals surface area (Å²) in [6.45, 7) is -0.917. The fourth-order valence-electron chi connectivity index (χ4n) is 15.7. The van der Waals surface area contributed by atoms with E-state index in [9.17, 15) is 101 Å². The lowest BCUT2D eigenvalue weighted by Gasteiger charge is -2.32. The first-order valence-electron chi connectivity index (χ1n) is 40.6. The number of amides is 5. The Morgan fingerprint density at radius 2 is 0.983 bits per heavy atom. The number of carboxylic acid groups (broad SMARTS) is 5. The molecule has 1 saturated heterocycles. The molecule has 38 nitrogen and oxygen atoms in total. The second-order valence-electron chi connectivity index (χ2n) is 30.8. The van der Waals surface area contributed by atoms with E-state index in [1.54, 1.807) is 56.7 Å². The molecular formula is C75H116N9O29P3S2. The van der Waals surface area contributed by atoms with Crippen molar-refractivity contribution in [1.29, 1.82) is 0 Å². The number of hydrogen-bond donors (Lipinski definition) is 16. The molecule has 0 aromatic carbocycles. The maximum Gasteiger partial charge on any atom is 0.490 e. The minimum Gasteiger partial charge on any atom is -0.481 e. The van der Waals surface area contributed by atoms with Gasteiger partial charge in [-0.15, -0.1) is 0 Å². The lowest BCUT2D eigenvalue weighted by molar-refractivity contribution is -0.148. The van der Waals surface area contributed by atoms with Crippen LogP contribution in [0, 0.1) is 41.4 Å². The molecule has 0 spiro atoms. The third kappa shape index (κ3) is 37.2. The Hall–Kier alpha value is -6.95. The highest BCUT2D eigenvalue weighted by molar-refractivity contribution is 8.76. The van der Waals surface area contributed by atoms with Crippen LogP contribution in [-0.4, -0.2) is 196 Å². The Kier molecular flexibility index (Phi) is 43.2. The molecule has 10 unspecified atom stereocenters. The normalized spacial score (nSPS) is 20.7. The summed E-state index contributed by atoms with van der Waals surface area (Å²) in [6, 6.07) is -8.84. The lowest BCUT2D eigenvalue weighted by Crippen LogP contribution is -2.51. The first-order valence-corrected chi connectivity index (χ1v) is 47.6. The van der Waals surface area contributed by atoms with E-state index < -0.39 is 158 Å². The van der Waals surface area contributed by atoms with Crippen LogP contribution < -0.4 is 32.3 Å². The maximum absolute atomic E-state index is 13.6. The summed E-state index contributed by atoms with van der Waals surface area (Å²) in [5.74, 6) is -3.29. The van der Waals surface area contributed by atoms with Crippen LogP contribution >= 0.6 is 45.1 Å². The number of nitrogens with two attached hydrogens (primary N) is 1. The van der Waals surface area contributed by atoms with Crippen molar-refractivity contribution in [2.45, 2.75) is 299 Å². The van der Waals surface area contributed by atoms with Crippen LogP contribution in [0.3, 0.4) is 0 Å². The number of aliphatic hydroxyl groups is 1. The number of aliphatic carboxylic acids is 5. The zero-order valence-electron chi connectivity index (χ0n) is 66.2. The van der Waals surface area contributed by atoms with Crippen molar-refractivity contribution in [2.24, 2.45) is 29.6 Å². The molecule has 5 saturated carbocycles. The molecule has 6 aliphatic rings. The lowest BCUT2D eigenvalue weighted by atomic mass is 9.73. The molecule has 5 aliphatic carbocycles. The van der Waals surface area contributed by atoms with E-state index >= 15 is 0 Å². The summed E-state index contributed by atoms with van der Waals surface area (Å²) >= 11 is 0. The second kappa shape index (κ2) is 51.1. The predicted octanol–water partition coefficient (Wildman–Crippen LogP) is 8.67. The topological polar surface area (TPSA) is 612 Å². The average molecular weight is 1760 g/mol. The SMILES string of the molecule is C1CCC(C2CCCCC2)CC1.C1CCC(C2CCCCC2)CC1.Nc1ncnc2c1c(C#CCCC(=O)CCSSCC(NC(=O)C1CCCCC1)C(=O)CCCCCCC(=O)NC(CC(=O)NC(CC(=O)NC(CC(=O)NC(CC(=O)O)C(=O)O)C(=O)O)C(=O)O)C(=O)O)cn2C1CC(O)C(COP(=O)(O)OP(=O)(O)OP(=O)(O)O)O1. The fraction of sp³-hybridized carbons (Fsp3) is 0.733. The van der Waals surface area contributed by atoms with E-state index in [1.807, 2.05) is 10.6 Å². The van der Waals surface area contributed by atoms with Gasteiger partial charge in [-0.1, -0.05) is 194 Å². The van der Waals surface area contributed by atoms with Crippen LogP contribution in [0.4, 0.5) is 5.82 Å². The molecule has 6 fully saturated rings. The molecule has 5 amide bonds. The second-order valence-corrected chi connectivity index (χ2v) is 37.9. The van der Waals surface area contributed by atoms with Crippen LogP contribution in [0.25, 0.3) is 11.0 Å². The Balaban J connectivity index is 0.000000753. The Morgan fingerprint density at radius 1 is 0.534 bits per heavy atom. The number of anilines is 1. The van der Waals surface area contributed by atoms with Gasteiger partial charge in [0.05, 0.1) is 55.4 Å². The van der Waals surface area contributed by atoms with Gasteiger partial charge in [0.25, 0.3) is 0 Å². The van der Waals surface area contributed by atoms with Gasteiger partial charge in [-0.25, -0.2) is 42.8 Å². The Labute approximate surface area is 692 Å². The summed E-state index contributed by atoms with van der Waals surface area (Å²) in [5.41, 5.74) is 6.69.